The van der Waals surface area contributed by atoms with Crippen molar-refractivity contribution in [3.8, 4) is 0 Å². The SMILES string of the molecule is C/C(=C\C(C(C)C)N(C)C(=O)C(NC(=O)C1CCCCN1C(C)C)C(C)C)C(=O)N1CCC(C(=O)O)CC1. The molecule has 216 valence electrons. The van der Waals surface area contributed by atoms with Gasteiger partial charge in [-0.3, -0.25) is 24.1 Å². The fourth-order valence-electron chi connectivity index (χ4n) is 5.64. The molecule has 0 radical (unpaired) electrons. The molecule has 2 aliphatic rings. The van der Waals surface area contributed by atoms with Crippen LogP contribution < -0.4 is 5.32 Å². The molecule has 9 nitrogen and oxygen atoms in total. The molecular formula is C29H50N4O5. The van der Waals surface area contributed by atoms with Crippen LogP contribution in [0.3, 0.4) is 0 Å². The fraction of sp³-hybridized carbons (Fsp3) is 0.793. The minimum atomic E-state index is -0.809. The zero-order chi connectivity index (χ0) is 28.7. The van der Waals surface area contributed by atoms with Gasteiger partial charge in [0, 0.05) is 31.8 Å². The molecule has 0 aromatic rings. The third-order valence-electron chi connectivity index (χ3n) is 8.11. The summed E-state index contributed by atoms with van der Waals surface area (Å²) in [6, 6.07) is -0.964. The van der Waals surface area contributed by atoms with E-state index in [0.717, 1.165) is 25.8 Å². The zero-order valence-corrected chi connectivity index (χ0v) is 24.7. The van der Waals surface area contributed by atoms with Gasteiger partial charge in [0.15, 0.2) is 0 Å². The third-order valence-corrected chi connectivity index (χ3v) is 8.11. The van der Waals surface area contributed by atoms with Crippen molar-refractivity contribution in [3.63, 3.8) is 0 Å². The lowest BCUT2D eigenvalue weighted by atomic mass is 9.94. The Morgan fingerprint density at radius 1 is 0.921 bits per heavy atom. The van der Waals surface area contributed by atoms with Crippen molar-refractivity contribution in [2.75, 3.05) is 26.7 Å². The average Bonchev–Trinajstić information content (AvgIpc) is 2.88. The van der Waals surface area contributed by atoms with Crippen LogP contribution in [0.5, 0.6) is 0 Å². The number of carboxylic acids is 1. The van der Waals surface area contributed by atoms with Gasteiger partial charge in [0.1, 0.15) is 6.04 Å². The molecule has 9 heteroatoms. The molecule has 0 aromatic carbocycles. The number of nitrogens with zero attached hydrogens (tertiary/aromatic N) is 3. The van der Waals surface area contributed by atoms with Crippen LogP contribution in [0.25, 0.3) is 0 Å². The summed E-state index contributed by atoms with van der Waals surface area (Å²) in [4.78, 5) is 57.0. The number of likely N-dealkylation sites (tertiary alicyclic amines) is 2. The Morgan fingerprint density at radius 3 is 2.03 bits per heavy atom. The van der Waals surface area contributed by atoms with E-state index in [9.17, 15) is 24.3 Å². The second-order valence-electron chi connectivity index (χ2n) is 12.0. The Morgan fingerprint density at radius 2 is 1.53 bits per heavy atom. The number of carbonyl (C=O) groups excluding carboxylic acids is 3. The maximum absolute atomic E-state index is 13.7. The maximum Gasteiger partial charge on any atom is 0.306 e. The van der Waals surface area contributed by atoms with Gasteiger partial charge in [-0.15, -0.1) is 0 Å². The first-order chi connectivity index (χ1) is 17.8. The molecule has 0 spiro atoms. The second kappa shape index (κ2) is 14.1. The molecule has 2 fully saturated rings. The van der Waals surface area contributed by atoms with E-state index in [-0.39, 0.29) is 47.7 Å². The number of piperidine rings is 2. The molecule has 2 saturated heterocycles. The molecule has 0 saturated carbocycles. The van der Waals surface area contributed by atoms with Gasteiger partial charge in [0.2, 0.25) is 17.7 Å². The van der Waals surface area contributed by atoms with Gasteiger partial charge in [0.05, 0.1) is 18.0 Å². The number of amides is 3. The summed E-state index contributed by atoms with van der Waals surface area (Å²) in [5.41, 5.74) is 0.539. The standard InChI is InChI=1S/C29H50N4O5/c1-18(2)24(17-21(7)27(35)32-15-12-22(13-16-32)29(37)38)31(8)28(36)25(19(3)4)30-26(34)23-11-9-10-14-33(23)20(5)6/h17-20,22-25H,9-16H2,1-8H3,(H,30,34)(H,37,38)/b21-17+. The Kier molecular flexibility index (Phi) is 11.8. The largest absolute Gasteiger partial charge is 0.481 e. The summed E-state index contributed by atoms with van der Waals surface area (Å²) in [6.07, 6.45) is 5.62. The first-order valence-corrected chi connectivity index (χ1v) is 14.3. The maximum atomic E-state index is 13.7. The van der Waals surface area contributed by atoms with E-state index in [2.05, 4.69) is 24.1 Å². The lowest BCUT2D eigenvalue weighted by molar-refractivity contribution is -0.145. The van der Waals surface area contributed by atoms with Crippen LogP contribution in [0, 0.1) is 17.8 Å². The van der Waals surface area contributed by atoms with E-state index in [1.807, 2.05) is 33.8 Å². The molecule has 0 aliphatic carbocycles. The summed E-state index contributed by atoms with van der Waals surface area (Å²) >= 11 is 0. The van der Waals surface area contributed by atoms with Crippen molar-refractivity contribution < 1.29 is 24.3 Å². The Labute approximate surface area is 229 Å². The molecule has 3 amide bonds. The first kappa shape index (κ1) is 31.8. The van der Waals surface area contributed by atoms with Gasteiger partial charge in [-0.1, -0.05) is 40.2 Å². The molecule has 2 rings (SSSR count). The average molecular weight is 535 g/mol. The summed E-state index contributed by atoms with van der Waals surface area (Å²) in [5, 5.41) is 12.3. The molecule has 3 unspecified atom stereocenters. The van der Waals surface area contributed by atoms with Crippen LogP contribution in [-0.4, -0.2) is 94.3 Å². The van der Waals surface area contributed by atoms with Gasteiger partial charge in [-0.25, -0.2) is 0 Å². The van der Waals surface area contributed by atoms with Gasteiger partial charge < -0.3 is 20.2 Å². The molecule has 2 N–H and O–H groups in total. The van der Waals surface area contributed by atoms with Gasteiger partial charge in [0.25, 0.3) is 0 Å². The number of carboxylic acid groups (broad SMARTS) is 1. The molecule has 0 aromatic heterocycles. The Bertz CT molecular complexity index is 876. The van der Waals surface area contributed by atoms with E-state index < -0.39 is 17.9 Å². The minimum Gasteiger partial charge on any atom is -0.481 e. The number of hydrogen-bond donors (Lipinski definition) is 2. The molecule has 2 aliphatic heterocycles. The summed E-state index contributed by atoms with van der Waals surface area (Å²) in [6.45, 7) is 15.6. The smallest absolute Gasteiger partial charge is 0.306 e. The predicted octanol–water partition coefficient (Wildman–Crippen LogP) is 3.14. The molecule has 0 bridgehead atoms. The normalized spacial score (nSPS) is 21.5. The van der Waals surface area contributed by atoms with Crippen LogP contribution in [0.4, 0.5) is 0 Å². The predicted molar refractivity (Wildman–Crippen MR) is 148 cm³/mol. The highest BCUT2D eigenvalue weighted by Gasteiger charge is 2.36. The monoisotopic (exact) mass is 534 g/mol. The summed E-state index contributed by atoms with van der Waals surface area (Å²) in [7, 11) is 1.74. The van der Waals surface area contributed by atoms with Gasteiger partial charge >= 0.3 is 5.97 Å². The van der Waals surface area contributed by atoms with Crippen molar-refractivity contribution in [3.05, 3.63) is 11.6 Å². The molecule has 2 heterocycles. The highest BCUT2D eigenvalue weighted by molar-refractivity contribution is 5.93. The third kappa shape index (κ3) is 8.04. The van der Waals surface area contributed by atoms with Crippen LogP contribution in [-0.2, 0) is 19.2 Å². The summed E-state index contributed by atoms with van der Waals surface area (Å²) < 4.78 is 0. The van der Waals surface area contributed by atoms with Crippen LogP contribution in [0.1, 0.15) is 80.6 Å². The number of likely N-dealkylation sites (N-methyl/N-ethyl adjacent to an activating group) is 1. The Balaban J connectivity index is 2.15. The van der Waals surface area contributed by atoms with Crippen molar-refractivity contribution >= 4 is 23.7 Å². The first-order valence-electron chi connectivity index (χ1n) is 14.3. The van der Waals surface area contributed by atoms with E-state index in [4.69, 9.17) is 0 Å². The van der Waals surface area contributed by atoms with Gasteiger partial charge in [-0.05, 0) is 64.8 Å². The fourth-order valence-corrected chi connectivity index (χ4v) is 5.64. The quantitative estimate of drug-likeness (QED) is 0.417. The van der Waals surface area contributed by atoms with Crippen molar-refractivity contribution in [2.45, 2.75) is 105 Å². The number of rotatable bonds is 10. The molecular weight excluding hydrogens is 484 g/mol. The highest BCUT2D eigenvalue weighted by Crippen LogP contribution is 2.23. The Hall–Kier alpha value is -2.42. The minimum absolute atomic E-state index is 0.0442. The van der Waals surface area contributed by atoms with Crippen LogP contribution in [0.2, 0.25) is 0 Å². The van der Waals surface area contributed by atoms with Crippen LogP contribution >= 0.6 is 0 Å². The van der Waals surface area contributed by atoms with E-state index >= 15 is 0 Å². The lowest BCUT2D eigenvalue weighted by Crippen LogP contribution is -2.58. The van der Waals surface area contributed by atoms with Crippen LogP contribution in [0.15, 0.2) is 11.6 Å². The highest BCUT2D eigenvalue weighted by atomic mass is 16.4. The summed E-state index contributed by atoms with van der Waals surface area (Å²) in [5.74, 6) is -1.65. The van der Waals surface area contributed by atoms with Gasteiger partial charge in [-0.2, -0.15) is 0 Å². The van der Waals surface area contributed by atoms with E-state index in [0.29, 0.717) is 31.5 Å². The number of carbonyl (C=O) groups is 4. The second-order valence-corrected chi connectivity index (χ2v) is 12.0. The van der Waals surface area contributed by atoms with Crippen molar-refractivity contribution in [1.29, 1.82) is 0 Å². The zero-order valence-electron chi connectivity index (χ0n) is 24.7. The van der Waals surface area contributed by atoms with Crippen molar-refractivity contribution in [2.24, 2.45) is 17.8 Å². The topological polar surface area (TPSA) is 110 Å². The number of hydrogen-bond acceptors (Lipinski definition) is 5. The van der Waals surface area contributed by atoms with Crippen molar-refractivity contribution in [1.82, 2.24) is 20.0 Å². The van der Waals surface area contributed by atoms with E-state index in [1.54, 1.807) is 23.8 Å². The number of nitrogens with one attached hydrogen (secondary N) is 1. The van der Waals surface area contributed by atoms with E-state index in [1.165, 1.54) is 0 Å². The number of aliphatic carboxylic acids is 1. The molecule has 3 atom stereocenters. The molecule has 38 heavy (non-hydrogen) atoms. The lowest BCUT2D eigenvalue weighted by Gasteiger charge is -2.39.